The van der Waals surface area contributed by atoms with Crippen LogP contribution in [0.5, 0.6) is 0 Å². The van der Waals surface area contributed by atoms with Gasteiger partial charge in [-0.05, 0) is 44.2 Å². The van der Waals surface area contributed by atoms with Gasteiger partial charge in [-0.15, -0.1) is 0 Å². The van der Waals surface area contributed by atoms with Gasteiger partial charge in [0.15, 0.2) is 0 Å². The lowest BCUT2D eigenvalue weighted by molar-refractivity contribution is -0.142. The van der Waals surface area contributed by atoms with Crippen LogP contribution in [0.2, 0.25) is 0 Å². The molecule has 0 aromatic carbocycles. The van der Waals surface area contributed by atoms with E-state index in [1.807, 2.05) is 6.26 Å². The zero-order chi connectivity index (χ0) is 25.5. The molecule has 9 N–H and O–H groups in total. The molecule has 0 spiro atoms. The van der Waals surface area contributed by atoms with Crippen LogP contribution in [-0.2, 0) is 25.6 Å². The Balaban J connectivity index is 2.80. The Bertz CT molecular complexity index is 781. The molecule has 0 radical (unpaired) electrons. The highest BCUT2D eigenvalue weighted by atomic mass is 32.2. The van der Waals surface area contributed by atoms with Gasteiger partial charge in [0.25, 0.3) is 0 Å². The van der Waals surface area contributed by atoms with E-state index in [1.165, 1.54) is 18.1 Å². The van der Waals surface area contributed by atoms with Crippen LogP contribution >= 0.6 is 24.4 Å². The number of aromatic amines is 1. The van der Waals surface area contributed by atoms with Crippen molar-refractivity contribution in [2.45, 2.75) is 56.3 Å². The summed E-state index contributed by atoms with van der Waals surface area (Å²) in [7, 11) is 0. The van der Waals surface area contributed by atoms with E-state index in [0.717, 1.165) is 0 Å². The molecule has 1 aromatic heterocycles. The number of carboxylic acid groups (broad SMARTS) is 1. The number of hydrogen-bond acceptors (Lipinski definition) is 9. The Morgan fingerprint density at radius 1 is 1.09 bits per heavy atom. The minimum atomic E-state index is -1.16. The monoisotopic (exact) mass is 517 g/mol. The number of carboxylic acids is 1. The quantitative estimate of drug-likeness (QED) is 0.0905. The summed E-state index contributed by atoms with van der Waals surface area (Å²) in [5, 5.41) is 17.0. The van der Waals surface area contributed by atoms with Crippen molar-refractivity contribution in [1.82, 2.24) is 25.9 Å². The first kappa shape index (κ1) is 29.7. The summed E-state index contributed by atoms with van der Waals surface area (Å²) in [6, 6.07) is -4.03. The molecular formula is C20H35N7O5S2. The molecule has 192 valence electrons. The minimum Gasteiger partial charge on any atom is -0.480 e. The van der Waals surface area contributed by atoms with Crippen molar-refractivity contribution in [3.8, 4) is 0 Å². The lowest BCUT2D eigenvalue weighted by Crippen LogP contribution is -2.57. The number of rotatable bonds is 17. The third-order valence-corrected chi connectivity index (χ3v) is 5.96. The Kier molecular flexibility index (Phi) is 14.3. The van der Waals surface area contributed by atoms with Crippen LogP contribution < -0.4 is 27.4 Å². The molecule has 4 unspecified atom stereocenters. The zero-order valence-corrected chi connectivity index (χ0v) is 20.9. The van der Waals surface area contributed by atoms with E-state index < -0.39 is 47.9 Å². The normalized spacial score (nSPS) is 14.5. The van der Waals surface area contributed by atoms with Crippen molar-refractivity contribution < 1.29 is 24.3 Å². The minimum absolute atomic E-state index is 0.0603. The summed E-state index contributed by atoms with van der Waals surface area (Å²) in [5.74, 6) is -2.47. The second-order valence-electron chi connectivity index (χ2n) is 7.66. The van der Waals surface area contributed by atoms with E-state index in [1.54, 1.807) is 6.20 Å². The fourth-order valence-electron chi connectivity index (χ4n) is 3.00. The first-order valence-electron chi connectivity index (χ1n) is 10.9. The third-order valence-electron chi connectivity index (χ3n) is 4.95. The number of nitrogens with two attached hydrogens (primary N) is 2. The number of carbonyl (C=O) groups excluding carboxylic acids is 3. The lowest BCUT2D eigenvalue weighted by Gasteiger charge is -2.24. The number of nitrogens with one attached hydrogen (secondary N) is 4. The van der Waals surface area contributed by atoms with Gasteiger partial charge in [0.1, 0.15) is 18.1 Å². The van der Waals surface area contributed by atoms with Gasteiger partial charge < -0.3 is 37.5 Å². The van der Waals surface area contributed by atoms with Gasteiger partial charge in [0.05, 0.1) is 12.4 Å². The average Bonchev–Trinajstić information content (AvgIpc) is 3.31. The highest BCUT2D eigenvalue weighted by Gasteiger charge is 2.29. The summed E-state index contributed by atoms with van der Waals surface area (Å²) in [5.41, 5.74) is 12.2. The van der Waals surface area contributed by atoms with Gasteiger partial charge in [-0.2, -0.15) is 24.4 Å². The predicted molar refractivity (Wildman–Crippen MR) is 133 cm³/mol. The molecule has 3 amide bonds. The van der Waals surface area contributed by atoms with Gasteiger partial charge >= 0.3 is 5.97 Å². The average molecular weight is 518 g/mol. The van der Waals surface area contributed by atoms with Crippen LogP contribution in [0, 0.1) is 0 Å². The van der Waals surface area contributed by atoms with Crippen LogP contribution in [0.1, 0.15) is 31.4 Å². The van der Waals surface area contributed by atoms with Gasteiger partial charge in [-0.1, -0.05) is 0 Å². The second-order valence-corrected chi connectivity index (χ2v) is 9.01. The third kappa shape index (κ3) is 10.8. The molecule has 0 saturated heterocycles. The Hall–Kier alpha value is -2.29. The standard InChI is InChI=1S/C20H35N7O5S2/c1-34-7-5-15(20(31)32)26-19(30)16(10-33)27-18(29)14(4-2-3-6-21)25-17(28)13(22)8-12-9-23-11-24-12/h9,11,13-16,33H,2-8,10,21-22H2,1H3,(H,23,24)(H,25,28)(H,26,30)(H,27,29)(H,31,32). The Morgan fingerprint density at radius 2 is 1.74 bits per heavy atom. The molecule has 0 aliphatic heterocycles. The summed E-state index contributed by atoms with van der Waals surface area (Å²) in [6.45, 7) is 0.427. The molecular weight excluding hydrogens is 482 g/mol. The number of carbonyl (C=O) groups is 4. The van der Waals surface area contributed by atoms with E-state index in [4.69, 9.17) is 11.5 Å². The number of H-pyrrole nitrogens is 1. The molecule has 0 aliphatic rings. The molecule has 34 heavy (non-hydrogen) atoms. The van der Waals surface area contributed by atoms with Gasteiger partial charge in [0, 0.05) is 24.1 Å². The number of aliphatic carboxylic acids is 1. The smallest absolute Gasteiger partial charge is 0.326 e. The fourth-order valence-corrected chi connectivity index (χ4v) is 3.73. The number of aromatic nitrogens is 2. The maximum absolute atomic E-state index is 12.9. The molecule has 12 nitrogen and oxygen atoms in total. The maximum Gasteiger partial charge on any atom is 0.326 e. The van der Waals surface area contributed by atoms with E-state index in [9.17, 15) is 24.3 Å². The highest BCUT2D eigenvalue weighted by Crippen LogP contribution is 2.05. The first-order chi connectivity index (χ1) is 16.2. The Labute approximate surface area is 208 Å². The van der Waals surface area contributed by atoms with E-state index in [2.05, 4.69) is 38.5 Å². The molecule has 0 aliphatic carbocycles. The predicted octanol–water partition coefficient (Wildman–Crippen LogP) is -1.37. The molecule has 4 atom stereocenters. The molecule has 0 bridgehead atoms. The van der Waals surface area contributed by atoms with Gasteiger partial charge in [-0.25, -0.2) is 9.78 Å². The van der Waals surface area contributed by atoms with Crippen molar-refractivity contribution in [3.05, 3.63) is 18.2 Å². The van der Waals surface area contributed by atoms with Crippen molar-refractivity contribution in [3.63, 3.8) is 0 Å². The highest BCUT2D eigenvalue weighted by molar-refractivity contribution is 7.98. The number of hydrogen-bond donors (Lipinski definition) is 8. The summed E-state index contributed by atoms with van der Waals surface area (Å²) >= 11 is 5.58. The van der Waals surface area contributed by atoms with Crippen molar-refractivity contribution in [2.24, 2.45) is 11.5 Å². The van der Waals surface area contributed by atoms with Crippen molar-refractivity contribution in [1.29, 1.82) is 0 Å². The molecule has 1 aromatic rings. The number of thiol groups is 1. The number of unbranched alkanes of at least 4 members (excludes halogenated alkanes) is 1. The van der Waals surface area contributed by atoms with Crippen molar-refractivity contribution >= 4 is 48.1 Å². The van der Waals surface area contributed by atoms with E-state index >= 15 is 0 Å². The van der Waals surface area contributed by atoms with Crippen LogP contribution in [0.4, 0.5) is 0 Å². The number of nitrogens with zero attached hydrogens (tertiary/aromatic N) is 1. The maximum atomic E-state index is 12.9. The fraction of sp³-hybridized carbons (Fsp3) is 0.650. The number of amides is 3. The van der Waals surface area contributed by atoms with Gasteiger partial charge in [-0.3, -0.25) is 14.4 Å². The summed E-state index contributed by atoms with van der Waals surface area (Å²) in [6.07, 6.45) is 6.80. The van der Waals surface area contributed by atoms with E-state index in [0.29, 0.717) is 30.8 Å². The van der Waals surface area contributed by atoms with Crippen molar-refractivity contribution in [2.75, 3.05) is 24.3 Å². The summed E-state index contributed by atoms with van der Waals surface area (Å²) in [4.78, 5) is 56.3. The van der Waals surface area contributed by atoms with Crippen LogP contribution in [-0.4, -0.2) is 87.2 Å². The van der Waals surface area contributed by atoms with Crippen LogP contribution in [0.3, 0.4) is 0 Å². The topological polar surface area (TPSA) is 205 Å². The Morgan fingerprint density at radius 3 is 2.29 bits per heavy atom. The SMILES string of the molecule is CSCCC(NC(=O)C(CS)NC(=O)C(CCCCN)NC(=O)C(N)Cc1cnc[nH]1)C(=O)O. The number of thioether (sulfide) groups is 1. The molecule has 1 heterocycles. The second kappa shape index (κ2) is 16.4. The lowest BCUT2D eigenvalue weighted by atomic mass is 10.1. The van der Waals surface area contributed by atoms with Crippen LogP contribution in [0.15, 0.2) is 12.5 Å². The molecule has 0 saturated carbocycles. The van der Waals surface area contributed by atoms with Crippen LogP contribution in [0.25, 0.3) is 0 Å². The zero-order valence-electron chi connectivity index (χ0n) is 19.2. The first-order valence-corrected chi connectivity index (χ1v) is 12.9. The molecule has 0 fully saturated rings. The summed E-state index contributed by atoms with van der Waals surface area (Å²) < 4.78 is 0. The van der Waals surface area contributed by atoms with E-state index in [-0.39, 0.29) is 25.0 Å². The number of imidazole rings is 1. The van der Waals surface area contributed by atoms with Gasteiger partial charge in [0.2, 0.25) is 17.7 Å². The molecule has 1 rings (SSSR count). The molecule has 14 heteroatoms. The largest absolute Gasteiger partial charge is 0.480 e.